The minimum absolute atomic E-state index is 0.149. The summed E-state index contributed by atoms with van der Waals surface area (Å²) in [6, 6.07) is 19.0. The van der Waals surface area contributed by atoms with E-state index in [9.17, 15) is 14.4 Å². The van der Waals surface area contributed by atoms with Crippen LogP contribution in [-0.2, 0) is 23.9 Å². The Balaban J connectivity index is 1.60. The highest BCUT2D eigenvalue weighted by Crippen LogP contribution is 2.42. The van der Waals surface area contributed by atoms with Gasteiger partial charge in [-0.1, -0.05) is 59.9 Å². The van der Waals surface area contributed by atoms with E-state index in [0.29, 0.717) is 23.0 Å². The molecule has 1 aliphatic rings. The number of primary amides is 1. The van der Waals surface area contributed by atoms with Gasteiger partial charge >= 0.3 is 0 Å². The Labute approximate surface area is 195 Å². The molecule has 0 bridgehead atoms. The van der Waals surface area contributed by atoms with E-state index in [-0.39, 0.29) is 38.0 Å². The molecular formula is C23H24N2O5S2. The van der Waals surface area contributed by atoms with Crippen molar-refractivity contribution in [1.82, 2.24) is 4.90 Å². The van der Waals surface area contributed by atoms with E-state index < -0.39 is 5.91 Å². The van der Waals surface area contributed by atoms with Crippen LogP contribution >= 0.6 is 23.5 Å². The molecule has 0 fully saturated rings. The molecule has 3 amide bonds. The van der Waals surface area contributed by atoms with E-state index in [0.717, 1.165) is 9.79 Å². The third kappa shape index (κ3) is 6.96. The Bertz CT molecular complexity index is 903. The molecule has 9 heteroatoms. The number of carbonyl (C=O) groups is 3. The van der Waals surface area contributed by atoms with Crippen LogP contribution < -0.4 is 5.73 Å². The molecule has 0 aliphatic carbocycles. The molecule has 0 saturated carbocycles. The van der Waals surface area contributed by atoms with Crippen molar-refractivity contribution in [2.75, 3.05) is 33.0 Å². The number of imide groups is 1. The van der Waals surface area contributed by atoms with Crippen LogP contribution in [0.2, 0.25) is 0 Å². The number of nitrogens with zero attached hydrogens (tertiary/aromatic N) is 1. The molecule has 0 unspecified atom stereocenters. The second-order valence-corrected chi connectivity index (χ2v) is 8.86. The van der Waals surface area contributed by atoms with Crippen LogP contribution in [0.25, 0.3) is 0 Å². The van der Waals surface area contributed by atoms with E-state index in [1.54, 1.807) is 0 Å². The molecule has 2 aromatic carbocycles. The van der Waals surface area contributed by atoms with Crippen LogP contribution in [0.4, 0.5) is 0 Å². The fourth-order valence-electron chi connectivity index (χ4n) is 2.78. The average Bonchev–Trinajstić information content (AvgIpc) is 3.01. The summed E-state index contributed by atoms with van der Waals surface area (Å²) in [6.45, 7) is 1.18. The van der Waals surface area contributed by atoms with Gasteiger partial charge in [0.1, 0.15) is 0 Å². The zero-order valence-electron chi connectivity index (χ0n) is 17.4. The number of thioether (sulfide) groups is 2. The molecule has 3 rings (SSSR count). The maximum absolute atomic E-state index is 13.1. The summed E-state index contributed by atoms with van der Waals surface area (Å²) in [5, 5.41) is 0. The van der Waals surface area contributed by atoms with Crippen molar-refractivity contribution in [2.45, 2.75) is 16.2 Å². The Morgan fingerprint density at radius 3 is 1.69 bits per heavy atom. The predicted octanol–water partition coefficient (Wildman–Crippen LogP) is 3.06. The van der Waals surface area contributed by atoms with E-state index >= 15 is 0 Å². The molecule has 7 nitrogen and oxygen atoms in total. The lowest BCUT2D eigenvalue weighted by Gasteiger charge is -2.15. The third-order valence-electron chi connectivity index (χ3n) is 4.34. The lowest BCUT2D eigenvalue weighted by atomic mass is 10.4. The summed E-state index contributed by atoms with van der Waals surface area (Å²) in [5.74, 6) is -1.05. The summed E-state index contributed by atoms with van der Waals surface area (Å²) in [6.07, 6.45) is 0.159. The Morgan fingerprint density at radius 2 is 1.22 bits per heavy atom. The zero-order valence-corrected chi connectivity index (χ0v) is 19.0. The van der Waals surface area contributed by atoms with Crippen molar-refractivity contribution >= 4 is 41.2 Å². The number of hydrogen-bond donors (Lipinski definition) is 1. The predicted molar refractivity (Wildman–Crippen MR) is 124 cm³/mol. The van der Waals surface area contributed by atoms with Crippen LogP contribution in [0.1, 0.15) is 6.42 Å². The second kappa shape index (κ2) is 12.4. The van der Waals surface area contributed by atoms with Crippen LogP contribution in [-0.4, -0.2) is 55.6 Å². The van der Waals surface area contributed by atoms with Crippen molar-refractivity contribution in [1.29, 1.82) is 0 Å². The van der Waals surface area contributed by atoms with Crippen LogP contribution in [0.3, 0.4) is 0 Å². The molecule has 0 spiro atoms. The van der Waals surface area contributed by atoms with Gasteiger partial charge in [-0.3, -0.25) is 19.3 Å². The molecule has 1 heterocycles. The first kappa shape index (κ1) is 24.1. The Morgan fingerprint density at radius 1 is 0.750 bits per heavy atom. The molecular weight excluding hydrogens is 448 g/mol. The Kier molecular flexibility index (Phi) is 9.36. The summed E-state index contributed by atoms with van der Waals surface area (Å²) in [5.41, 5.74) is 5.04. The van der Waals surface area contributed by atoms with Crippen LogP contribution in [0.15, 0.2) is 80.3 Å². The van der Waals surface area contributed by atoms with E-state index in [1.807, 2.05) is 60.7 Å². The van der Waals surface area contributed by atoms with Crippen LogP contribution in [0, 0.1) is 0 Å². The van der Waals surface area contributed by atoms with Gasteiger partial charge in [-0.15, -0.1) is 0 Å². The van der Waals surface area contributed by atoms with Gasteiger partial charge in [0.05, 0.1) is 42.8 Å². The maximum Gasteiger partial charge on any atom is 0.268 e. The smallest absolute Gasteiger partial charge is 0.268 e. The van der Waals surface area contributed by atoms with Gasteiger partial charge in [0.25, 0.3) is 11.8 Å². The fourth-order valence-corrected chi connectivity index (χ4v) is 4.84. The van der Waals surface area contributed by atoms with Gasteiger partial charge in [-0.2, -0.15) is 0 Å². The average molecular weight is 473 g/mol. The number of benzene rings is 2. The van der Waals surface area contributed by atoms with Crippen molar-refractivity contribution in [3.05, 3.63) is 70.5 Å². The van der Waals surface area contributed by atoms with Gasteiger partial charge in [-0.25, -0.2) is 0 Å². The van der Waals surface area contributed by atoms with Crippen molar-refractivity contribution in [2.24, 2.45) is 5.73 Å². The SMILES string of the molecule is NC(=O)CCOCCOCCN1C(=O)C(Sc2ccccc2)=C(Sc2ccccc2)C1=O. The molecule has 0 radical (unpaired) electrons. The first-order valence-corrected chi connectivity index (χ1v) is 11.7. The molecule has 1 aliphatic heterocycles. The lowest BCUT2D eigenvalue weighted by molar-refractivity contribution is -0.138. The number of ether oxygens (including phenoxy) is 2. The maximum atomic E-state index is 13.1. The molecule has 168 valence electrons. The molecule has 0 saturated heterocycles. The number of nitrogens with two attached hydrogens (primary N) is 1. The Hall–Kier alpha value is -2.59. The van der Waals surface area contributed by atoms with Gasteiger partial charge in [0, 0.05) is 16.2 Å². The van der Waals surface area contributed by atoms with E-state index in [2.05, 4.69) is 0 Å². The van der Waals surface area contributed by atoms with Gasteiger partial charge in [-0.05, 0) is 24.3 Å². The fraction of sp³-hybridized carbons (Fsp3) is 0.261. The largest absolute Gasteiger partial charge is 0.379 e. The number of hydrogen-bond acceptors (Lipinski definition) is 7. The van der Waals surface area contributed by atoms with Gasteiger partial charge in [0.15, 0.2) is 0 Å². The quantitative estimate of drug-likeness (QED) is 0.353. The standard InChI is InChI=1S/C23H24N2O5S2/c24-19(26)11-13-29-15-16-30-14-12-25-22(27)20(31-17-7-3-1-4-8-17)21(23(25)28)32-18-9-5-2-6-10-18/h1-10H,11-16H2,(H2,24,26). The van der Waals surface area contributed by atoms with Gasteiger partial charge in [0.2, 0.25) is 5.91 Å². The van der Waals surface area contributed by atoms with Crippen molar-refractivity contribution < 1.29 is 23.9 Å². The monoisotopic (exact) mass is 472 g/mol. The third-order valence-corrected chi connectivity index (χ3v) is 6.65. The molecule has 0 atom stereocenters. The highest BCUT2D eigenvalue weighted by Gasteiger charge is 2.39. The molecule has 2 N–H and O–H groups in total. The minimum Gasteiger partial charge on any atom is -0.379 e. The molecule has 0 aromatic heterocycles. The van der Waals surface area contributed by atoms with Crippen molar-refractivity contribution in [3.63, 3.8) is 0 Å². The summed E-state index contributed by atoms with van der Waals surface area (Å²) in [4.78, 5) is 40.7. The molecule has 32 heavy (non-hydrogen) atoms. The number of amides is 3. The van der Waals surface area contributed by atoms with E-state index in [1.165, 1.54) is 28.4 Å². The minimum atomic E-state index is -0.419. The first-order chi connectivity index (χ1) is 15.6. The van der Waals surface area contributed by atoms with Crippen LogP contribution in [0.5, 0.6) is 0 Å². The van der Waals surface area contributed by atoms with Crippen molar-refractivity contribution in [3.8, 4) is 0 Å². The zero-order chi connectivity index (χ0) is 22.8. The number of carbonyl (C=O) groups excluding carboxylic acids is 3. The molecule has 2 aromatic rings. The highest BCUT2D eigenvalue weighted by atomic mass is 32.2. The second-order valence-electron chi connectivity index (χ2n) is 6.69. The lowest BCUT2D eigenvalue weighted by Crippen LogP contribution is -2.34. The summed E-state index contributed by atoms with van der Waals surface area (Å²) in [7, 11) is 0. The van der Waals surface area contributed by atoms with E-state index in [4.69, 9.17) is 15.2 Å². The first-order valence-electron chi connectivity index (χ1n) is 10.1. The summed E-state index contributed by atoms with van der Waals surface area (Å²) < 4.78 is 10.7. The van der Waals surface area contributed by atoms with Gasteiger partial charge < -0.3 is 15.2 Å². The highest BCUT2D eigenvalue weighted by molar-refractivity contribution is 8.08. The normalized spacial score (nSPS) is 13.8. The number of rotatable bonds is 13. The topological polar surface area (TPSA) is 98.9 Å². The summed E-state index contributed by atoms with van der Waals surface area (Å²) >= 11 is 2.59.